The smallest absolute Gasteiger partial charge is 0.451 e. The molecule has 1 aromatic carbocycles. The molecule has 2 aromatic heterocycles. The number of aromatic nitrogens is 3. The standard InChI is InChI=1S/C25H23F3N6O2/c1-36-22-13-18(9-11-30-22)19-14-21(33-24(32-19)25(26,27)28)34-12-2-3-20(34)23(35)31-10-8-16-4-6-17(15-29)7-5-16/h4-7,9,11,13-14,20H,2-3,8,10,12H2,1H3,(H,31,35)/t20-/m0/s1. The maximum atomic E-state index is 13.6. The number of nitrogens with zero attached hydrogens (tertiary/aromatic N) is 5. The molecule has 1 amide bonds. The highest BCUT2D eigenvalue weighted by Crippen LogP contribution is 2.33. The molecule has 0 saturated carbocycles. The molecule has 0 bridgehead atoms. The number of carbonyl (C=O) groups excluding carboxylic acids is 1. The molecule has 0 spiro atoms. The number of alkyl halides is 3. The molecule has 0 unspecified atom stereocenters. The van der Waals surface area contributed by atoms with Crippen molar-refractivity contribution in [1.29, 1.82) is 5.26 Å². The zero-order valence-corrected chi connectivity index (χ0v) is 19.4. The van der Waals surface area contributed by atoms with Gasteiger partial charge in [-0.25, -0.2) is 15.0 Å². The van der Waals surface area contributed by atoms with Crippen molar-refractivity contribution in [3.63, 3.8) is 0 Å². The highest BCUT2D eigenvalue weighted by atomic mass is 19.4. The number of pyridine rings is 1. The largest absolute Gasteiger partial charge is 0.481 e. The molecule has 0 aliphatic carbocycles. The number of hydrogen-bond donors (Lipinski definition) is 1. The number of benzene rings is 1. The molecule has 1 aliphatic heterocycles. The van der Waals surface area contributed by atoms with Gasteiger partial charge in [0.25, 0.3) is 0 Å². The fraction of sp³-hybridized carbons (Fsp3) is 0.320. The Morgan fingerprint density at radius 3 is 2.69 bits per heavy atom. The third kappa shape index (κ3) is 5.71. The lowest BCUT2D eigenvalue weighted by atomic mass is 10.1. The Morgan fingerprint density at radius 1 is 1.22 bits per heavy atom. The molecule has 1 aliphatic rings. The Kier molecular flexibility index (Phi) is 7.33. The first-order chi connectivity index (χ1) is 17.3. The van der Waals surface area contributed by atoms with Gasteiger partial charge in [-0.05, 0) is 43.0 Å². The quantitative estimate of drug-likeness (QED) is 0.531. The van der Waals surface area contributed by atoms with Crippen LogP contribution in [0.3, 0.4) is 0 Å². The minimum absolute atomic E-state index is 0.0350. The molecule has 1 atom stereocenters. The van der Waals surface area contributed by atoms with Crippen LogP contribution in [0.1, 0.15) is 29.8 Å². The van der Waals surface area contributed by atoms with Crippen LogP contribution in [0.2, 0.25) is 0 Å². The molecular formula is C25H23F3N6O2. The third-order valence-electron chi connectivity index (χ3n) is 5.85. The van der Waals surface area contributed by atoms with Crippen molar-refractivity contribution in [3.8, 4) is 23.2 Å². The van der Waals surface area contributed by atoms with Gasteiger partial charge in [-0.2, -0.15) is 18.4 Å². The number of amides is 1. The molecular weight excluding hydrogens is 473 g/mol. The van der Waals surface area contributed by atoms with Crippen molar-refractivity contribution in [2.24, 2.45) is 0 Å². The summed E-state index contributed by atoms with van der Waals surface area (Å²) in [4.78, 5) is 26.0. The second kappa shape index (κ2) is 10.6. The second-order valence-corrected chi connectivity index (χ2v) is 8.22. The topological polar surface area (TPSA) is 104 Å². The van der Waals surface area contributed by atoms with E-state index in [1.165, 1.54) is 31.5 Å². The van der Waals surface area contributed by atoms with E-state index in [2.05, 4.69) is 26.3 Å². The summed E-state index contributed by atoms with van der Waals surface area (Å²) in [5.74, 6) is -1.28. The number of ether oxygens (including phenoxy) is 1. The van der Waals surface area contributed by atoms with Crippen LogP contribution in [-0.4, -0.2) is 47.1 Å². The van der Waals surface area contributed by atoms with Crippen LogP contribution in [0.4, 0.5) is 19.0 Å². The summed E-state index contributed by atoms with van der Waals surface area (Å²) in [7, 11) is 1.41. The summed E-state index contributed by atoms with van der Waals surface area (Å²) >= 11 is 0. The van der Waals surface area contributed by atoms with Crippen molar-refractivity contribution in [3.05, 3.63) is 65.6 Å². The van der Waals surface area contributed by atoms with Gasteiger partial charge >= 0.3 is 6.18 Å². The summed E-state index contributed by atoms with van der Waals surface area (Å²) < 4.78 is 46.0. The molecule has 0 radical (unpaired) electrons. The van der Waals surface area contributed by atoms with E-state index in [0.29, 0.717) is 43.5 Å². The van der Waals surface area contributed by atoms with E-state index >= 15 is 0 Å². The molecule has 36 heavy (non-hydrogen) atoms. The summed E-state index contributed by atoms with van der Waals surface area (Å²) in [6, 6.07) is 12.9. The van der Waals surface area contributed by atoms with E-state index in [0.717, 1.165) is 5.56 Å². The summed E-state index contributed by atoms with van der Waals surface area (Å²) in [6.07, 6.45) is -1.66. The number of nitrogens with one attached hydrogen (secondary N) is 1. The van der Waals surface area contributed by atoms with E-state index in [9.17, 15) is 18.0 Å². The molecule has 3 aromatic rings. The van der Waals surface area contributed by atoms with Crippen molar-refractivity contribution < 1.29 is 22.7 Å². The van der Waals surface area contributed by atoms with Crippen molar-refractivity contribution in [2.45, 2.75) is 31.5 Å². The van der Waals surface area contributed by atoms with Crippen LogP contribution in [0, 0.1) is 11.3 Å². The average Bonchev–Trinajstić information content (AvgIpc) is 3.38. The molecule has 1 saturated heterocycles. The van der Waals surface area contributed by atoms with Gasteiger partial charge in [0.05, 0.1) is 24.4 Å². The van der Waals surface area contributed by atoms with E-state index in [4.69, 9.17) is 10.00 Å². The van der Waals surface area contributed by atoms with E-state index in [1.807, 2.05) is 12.1 Å². The summed E-state index contributed by atoms with van der Waals surface area (Å²) in [5, 5.41) is 11.8. The monoisotopic (exact) mass is 496 g/mol. The number of methoxy groups -OCH3 is 1. The number of nitriles is 1. The van der Waals surface area contributed by atoms with Crippen molar-refractivity contribution in [1.82, 2.24) is 20.3 Å². The minimum Gasteiger partial charge on any atom is -0.481 e. The Morgan fingerprint density at radius 2 is 2.00 bits per heavy atom. The molecule has 1 fully saturated rings. The van der Waals surface area contributed by atoms with Gasteiger partial charge in [0.15, 0.2) is 0 Å². The number of rotatable bonds is 7. The van der Waals surface area contributed by atoms with E-state index in [1.54, 1.807) is 17.0 Å². The van der Waals surface area contributed by atoms with Gasteiger partial charge in [-0.15, -0.1) is 0 Å². The zero-order valence-electron chi connectivity index (χ0n) is 19.4. The average molecular weight is 496 g/mol. The lowest BCUT2D eigenvalue weighted by molar-refractivity contribution is -0.144. The van der Waals surface area contributed by atoms with Crippen LogP contribution in [0.25, 0.3) is 11.3 Å². The third-order valence-corrected chi connectivity index (χ3v) is 5.85. The highest BCUT2D eigenvalue weighted by molar-refractivity contribution is 5.85. The first kappa shape index (κ1) is 24.9. The van der Waals surface area contributed by atoms with Gasteiger partial charge in [-0.1, -0.05) is 12.1 Å². The normalized spacial score (nSPS) is 15.4. The maximum Gasteiger partial charge on any atom is 0.451 e. The predicted molar refractivity (Wildman–Crippen MR) is 125 cm³/mol. The molecule has 3 heterocycles. The number of halogens is 3. The first-order valence-corrected chi connectivity index (χ1v) is 11.3. The van der Waals surface area contributed by atoms with E-state index < -0.39 is 18.0 Å². The summed E-state index contributed by atoms with van der Waals surface area (Å²) in [5.41, 5.74) is 1.95. The van der Waals surface area contributed by atoms with Crippen molar-refractivity contribution >= 4 is 11.7 Å². The van der Waals surface area contributed by atoms with Gasteiger partial charge in [0.2, 0.25) is 17.6 Å². The number of anilines is 1. The zero-order chi connectivity index (χ0) is 25.7. The van der Waals surface area contributed by atoms with Crippen LogP contribution in [0.5, 0.6) is 5.88 Å². The number of carbonyl (C=O) groups is 1. The number of hydrogen-bond acceptors (Lipinski definition) is 7. The Labute approximate surface area is 205 Å². The van der Waals surface area contributed by atoms with Crippen molar-refractivity contribution in [2.75, 3.05) is 25.1 Å². The van der Waals surface area contributed by atoms with E-state index in [-0.39, 0.29) is 23.3 Å². The van der Waals surface area contributed by atoms with Gasteiger partial charge in [0.1, 0.15) is 11.9 Å². The minimum atomic E-state index is -4.76. The van der Waals surface area contributed by atoms with Gasteiger partial charge in [0, 0.05) is 37.0 Å². The fourth-order valence-corrected chi connectivity index (χ4v) is 4.04. The van der Waals surface area contributed by atoms with Crippen LogP contribution in [-0.2, 0) is 17.4 Å². The van der Waals surface area contributed by atoms with Gasteiger partial charge < -0.3 is 15.0 Å². The van der Waals surface area contributed by atoms with Gasteiger partial charge in [-0.3, -0.25) is 4.79 Å². The fourth-order valence-electron chi connectivity index (χ4n) is 4.04. The Hall–Kier alpha value is -4.20. The SMILES string of the molecule is COc1cc(-c2cc(N3CCC[C@H]3C(=O)NCCc3ccc(C#N)cc3)nc(C(F)(F)F)n2)ccn1. The Balaban J connectivity index is 1.54. The molecule has 1 N–H and O–H groups in total. The Bertz CT molecular complexity index is 1270. The van der Waals surface area contributed by atoms with Crippen LogP contribution < -0.4 is 15.0 Å². The lowest BCUT2D eigenvalue weighted by Crippen LogP contribution is -2.44. The molecule has 4 rings (SSSR count). The van der Waals surface area contributed by atoms with Crippen LogP contribution in [0.15, 0.2) is 48.7 Å². The predicted octanol–water partition coefficient (Wildman–Crippen LogP) is 3.77. The lowest BCUT2D eigenvalue weighted by Gasteiger charge is -2.26. The maximum absolute atomic E-state index is 13.6. The molecule has 186 valence electrons. The second-order valence-electron chi connectivity index (χ2n) is 8.22. The molecule has 8 nitrogen and oxygen atoms in total. The van der Waals surface area contributed by atoms with Crippen LogP contribution >= 0.6 is 0 Å². The first-order valence-electron chi connectivity index (χ1n) is 11.3. The summed E-state index contributed by atoms with van der Waals surface area (Å²) in [6.45, 7) is 0.746. The highest BCUT2D eigenvalue weighted by Gasteiger charge is 2.38. The molecule has 11 heteroatoms.